The zero-order chi connectivity index (χ0) is 8.84. The van der Waals surface area contributed by atoms with Crippen molar-refractivity contribution < 1.29 is 4.39 Å². The minimum absolute atomic E-state index is 0.0283. The van der Waals surface area contributed by atoms with Gasteiger partial charge in [-0.3, -0.25) is 0 Å². The monoisotopic (exact) mass is 177 g/mol. The molecule has 2 atom stereocenters. The number of hydrogen-bond donors (Lipinski definition) is 1. The van der Waals surface area contributed by atoms with E-state index in [9.17, 15) is 4.39 Å². The fourth-order valence-corrected chi connectivity index (χ4v) is 2.72. The molecule has 1 aromatic rings. The molecule has 1 nitrogen and oxygen atoms in total. The molecule has 1 fully saturated rings. The van der Waals surface area contributed by atoms with Crippen LogP contribution in [0.4, 0.5) is 10.1 Å². The summed E-state index contributed by atoms with van der Waals surface area (Å²) in [5, 5.41) is 3.40. The van der Waals surface area contributed by atoms with E-state index in [4.69, 9.17) is 0 Å². The number of nitrogens with one attached hydrogen (secondary N) is 1. The van der Waals surface area contributed by atoms with Crippen molar-refractivity contribution in [2.45, 2.75) is 31.2 Å². The molecule has 2 heteroatoms. The molecule has 0 saturated heterocycles. The smallest absolute Gasteiger partial charge is 0.128 e. The molecule has 13 heavy (non-hydrogen) atoms. The standard InChI is InChI=1S/C11H12FN/c12-8-4-2-6-10-11(8)7-3-1-5-9(7)13-10/h2,4,6-7,9,13H,1,3,5H2. The first kappa shape index (κ1) is 7.36. The van der Waals surface area contributed by atoms with Crippen molar-refractivity contribution in [1.29, 1.82) is 0 Å². The number of halogens is 1. The molecular formula is C11H12FN. The summed E-state index contributed by atoms with van der Waals surface area (Å²) >= 11 is 0. The van der Waals surface area contributed by atoms with E-state index < -0.39 is 0 Å². The molecule has 1 aromatic carbocycles. The zero-order valence-electron chi connectivity index (χ0n) is 7.39. The maximum atomic E-state index is 13.5. The normalized spacial score (nSPS) is 29.6. The molecule has 0 bridgehead atoms. The molecule has 2 aliphatic rings. The van der Waals surface area contributed by atoms with Crippen LogP contribution in [0.2, 0.25) is 0 Å². The Bertz CT molecular complexity index is 348. The summed E-state index contributed by atoms with van der Waals surface area (Å²) in [6, 6.07) is 5.84. The highest BCUT2D eigenvalue weighted by Crippen LogP contribution is 2.45. The Labute approximate surface area is 77.0 Å². The summed E-state index contributed by atoms with van der Waals surface area (Å²) in [7, 11) is 0. The highest BCUT2D eigenvalue weighted by Gasteiger charge is 2.37. The van der Waals surface area contributed by atoms with Gasteiger partial charge in [0.1, 0.15) is 5.82 Å². The van der Waals surface area contributed by atoms with Gasteiger partial charge in [0, 0.05) is 23.2 Å². The Hall–Kier alpha value is -1.05. The molecule has 68 valence electrons. The van der Waals surface area contributed by atoms with Crippen molar-refractivity contribution in [3.05, 3.63) is 29.6 Å². The van der Waals surface area contributed by atoms with E-state index in [-0.39, 0.29) is 5.82 Å². The van der Waals surface area contributed by atoms with Crippen molar-refractivity contribution in [3.8, 4) is 0 Å². The molecule has 0 radical (unpaired) electrons. The predicted molar refractivity (Wildman–Crippen MR) is 50.4 cm³/mol. The van der Waals surface area contributed by atoms with E-state index >= 15 is 0 Å². The largest absolute Gasteiger partial charge is 0.381 e. The maximum absolute atomic E-state index is 13.5. The number of fused-ring (bicyclic) bond motifs is 3. The van der Waals surface area contributed by atoms with Gasteiger partial charge in [0.2, 0.25) is 0 Å². The van der Waals surface area contributed by atoms with Crippen LogP contribution in [-0.4, -0.2) is 6.04 Å². The minimum atomic E-state index is -0.0283. The summed E-state index contributed by atoms with van der Waals surface area (Å²) in [4.78, 5) is 0. The van der Waals surface area contributed by atoms with Crippen LogP contribution in [0.15, 0.2) is 18.2 Å². The van der Waals surface area contributed by atoms with Crippen LogP contribution < -0.4 is 5.32 Å². The number of hydrogen-bond acceptors (Lipinski definition) is 1. The third kappa shape index (κ3) is 0.916. The number of benzene rings is 1. The third-order valence-electron chi connectivity index (χ3n) is 3.28. The van der Waals surface area contributed by atoms with Gasteiger partial charge in [-0.05, 0) is 25.0 Å². The van der Waals surface area contributed by atoms with E-state index in [0.717, 1.165) is 17.7 Å². The van der Waals surface area contributed by atoms with Crippen molar-refractivity contribution in [1.82, 2.24) is 0 Å². The lowest BCUT2D eigenvalue weighted by atomic mass is 9.97. The van der Waals surface area contributed by atoms with Crippen molar-refractivity contribution >= 4 is 5.69 Å². The maximum Gasteiger partial charge on any atom is 0.128 e. The van der Waals surface area contributed by atoms with E-state index in [2.05, 4.69) is 5.32 Å². The van der Waals surface area contributed by atoms with Crippen LogP contribution >= 0.6 is 0 Å². The average molecular weight is 177 g/mol. The molecule has 0 amide bonds. The van der Waals surface area contributed by atoms with Gasteiger partial charge in [-0.25, -0.2) is 4.39 Å². The van der Waals surface area contributed by atoms with Crippen molar-refractivity contribution in [2.24, 2.45) is 0 Å². The van der Waals surface area contributed by atoms with E-state index in [0.29, 0.717) is 12.0 Å². The molecule has 1 N–H and O–H groups in total. The number of rotatable bonds is 0. The van der Waals surface area contributed by atoms with Crippen LogP contribution in [-0.2, 0) is 0 Å². The van der Waals surface area contributed by atoms with E-state index in [1.54, 1.807) is 12.1 Å². The van der Waals surface area contributed by atoms with Crippen LogP contribution in [0.3, 0.4) is 0 Å². The minimum Gasteiger partial charge on any atom is -0.381 e. The molecule has 3 rings (SSSR count). The highest BCUT2D eigenvalue weighted by molar-refractivity contribution is 5.60. The van der Waals surface area contributed by atoms with Gasteiger partial charge < -0.3 is 5.32 Å². The lowest BCUT2D eigenvalue weighted by Gasteiger charge is -2.08. The molecule has 1 aliphatic heterocycles. The second-order valence-corrected chi connectivity index (χ2v) is 3.99. The summed E-state index contributed by atoms with van der Waals surface area (Å²) in [6.45, 7) is 0. The second-order valence-electron chi connectivity index (χ2n) is 3.99. The summed E-state index contributed by atoms with van der Waals surface area (Å²) in [5.41, 5.74) is 1.96. The van der Waals surface area contributed by atoms with Crippen molar-refractivity contribution in [3.63, 3.8) is 0 Å². The second kappa shape index (κ2) is 2.47. The summed E-state index contributed by atoms with van der Waals surface area (Å²) in [6.07, 6.45) is 3.57. The third-order valence-corrected chi connectivity index (χ3v) is 3.28. The predicted octanol–water partition coefficient (Wildman–Crippen LogP) is 2.89. The molecule has 2 unspecified atom stereocenters. The van der Waals surface area contributed by atoms with Crippen molar-refractivity contribution in [2.75, 3.05) is 5.32 Å². The van der Waals surface area contributed by atoms with Gasteiger partial charge >= 0.3 is 0 Å². The SMILES string of the molecule is Fc1cccc2c1C1CCCC1N2. The molecule has 1 saturated carbocycles. The Morgan fingerprint density at radius 3 is 3.15 bits per heavy atom. The van der Waals surface area contributed by atoms with Gasteiger partial charge in [-0.1, -0.05) is 12.5 Å². The van der Waals surface area contributed by atoms with Crippen LogP contribution in [0.5, 0.6) is 0 Å². The molecule has 1 aliphatic carbocycles. The lowest BCUT2D eigenvalue weighted by Crippen LogP contribution is -2.13. The number of anilines is 1. The Balaban J connectivity index is 2.14. The van der Waals surface area contributed by atoms with Gasteiger partial charge in [-0.15, -0.1) is 0 Å². The van der Waals surface area contributed by atoms with Gasteiger partial charge in [0.05, 0.1) is 0 Å². The summed E-state index contributed by atoms with van der Waals surface area (Å²) in [5.74, 6) is 0.413. The molecular weight excluding hydrogens is 165 g/mol. The van der Waals surface area contributed by atoms with Gasteiger partial charge in [-0.2, -0.15) is 0 Å². The first-order valence-corrected chi connectivity index (χ1v) is 4.91. The Morgan fingerprint density at radius 1 is 1.31 bits per heavy atom. The lowest BCUT2D eigenvalue weighted by molar-refractivity contribution is 0.583. The van der Waals surface area contributed by atoms with Crippen LogP contribution in [0.25, 0.3) is 0 Å². The average Bonchev–Trinajstić information content (AvgIpc) is 2.62. The Kier molecular flexibility index (Phi) is 1.40. The van der Waals surface area contributed by atoms with Crippen LogP contribution in [0, 0.1) is 5.82 Å². The van der Waals surface area contributed by atoms with E-state index in [1.165, 1.54) is 12.8 Å². The Morgan fingerprint density at radius 2 is 2.23 bits per heavy atom. The first-order valence-electron chi connectivity index (χ1n) is 4.91. The quantitative estimate of drug-likeness (QED) is 0.642. The molecule has 0 spiro atoms. The summed E-state index contributed by atoms with van der Waals surface area (Å²) < 4.78 is 13.5. The van der Waals surface area contributed by atoms with Gasteiger partial charge in [0.25, 0.3) is 0 Å². The molecule has 0 aromatic heterocycles. The molecule has 1 heterocycles. The zero-order valence-corrected chi connectivity index (χ0v) is 7.39. The van der Waals surface area contributed by atoms with Gasteiger partial charge in [0.15, 0.2) is 0 Å². The highest BCUT2D eigenvalue weighted by atomic mass is 19.1. The first-order chi connectivity index (χ1) is 6.36. The van der Waals surface area contributed by atoms with E-state index in [1.807, 2.05) is 6.07 Å². The van der Waals surface area contributed by atoms with Crippen LogP contribution in [0.1, 0.15) is 30.7 Å². The fourth-order valence-electron chi connectivity index (χ4n) is 2.72. The topological polar surface area (TPSA) is 12.0 Å². The fraction of sp³-hybridized carbons (Fsp3) is 0.455.